The van der Waals surface area contributed by atoms with Gasteiger partial charge in [-0.1, -0.05) is 36.4 Å². The van der Waals surface area contributed by atoms with Crippen LogP contribution in [-0.2, 0) is 9.31 Å². The fourth-order valence-corrected chi connectivity index (χ4v) is 3.58. The highest BCUT2D eigenvalue weighted by atomic mass is 16.7. The van der Waals surface area contributed by atoms with Crippen LogP contribution in [-0.4, -0.2) is 41.6 Å². The van der Waals surface area contributed by atoms with Gasteiger partial charge in [-0.3, -0.25) is 9.78 Å². The van der Waals surface area contributed by atoms with Gasteiger partial charge in [-0.05, 0) is 45.3 Å². The topological polar surface area (TPSA) is 122 Å². The van der Waals surface area contributed by atoms with Gasteiger partial charge in [-0.15, -0.1) is 0 Å². The molecule has 0 atom stereocenters. The number of benzene rings is 2. The van der Waals surface area contributed by atoms with Gasteiger partial charge in [0.25, 0.3) is 5.56 Å². The van der Waals surface area contributed by atoms with Crippen LogP contribution in [0.2, 0.25) is 0 Å². The van der Waals surface area contributed by atoms with E-state index < -0.39 is 23.9 Å². The van der Waals surface area contributed by atoms with Crippen LogP contribution in [0.4, 0.5) is 5.95 Å². The normalized spacial score (nSPS) is 16.3. The fraction of sp³-hybridized carbons (Fsp3) is 0.280. The van der Waals surface area contributed by atoms with Crippen LogP contribution in [0.15, 0.2) is 58.4 Å². The van der Waals surface area contributed by atoms with Crippen LogP contribution in [0.1, 0.15) is 38.8 Å². The molecule has 3 aromatic rings. The number of H-pyrrole nitrogens is 1. The van der Waals surface area contributed by atoms with E-state index in [0.29, 0.717) is 16.9 Å². The molecule has 0 radical (unpaired) electrons. The Hall–Kier alpha value is -3.94. The van der Waals surface area contributed by atoms with Crippen molar-refractivity contribution in [3.63, 3.8) is 0 Å². The van der Waals surface area contributed by atoms with E-state index in [9.17, 15) is 10.1 Å². The van der Waals surface area contributed by atoms with Crippen molar-refractivity contribution in [2.45, 2.75) is 38.9 Å². The van der Waals surface area contributed by atoms with Gasteiger partial charge >= 0.3 is 7.12 Å². The predicted octanol–water partition coefficient (Wildman–Crippen LogP) is 3.06. The summed E-state index contributed by atoms with van der Waals surface area (Å²) < 4.78 is 17.8. The van der Waals surface area contributed by atoms with E-state index in [-0.39, 0.29) is 17.2 Å². The molecule has 1 aliphatic heterocycles. The second-order valence-corrected chi connectivity index (χ2v) is 9.08. The van der Waals surface area contributed by atoms with Gasteiger partial charge in [0, 0.05) is 11.1 Å². The maximum atomic E-state index is 12.4. The molecule has 9 nitrogen and oxygen atoms in total. The Labute approximate surface area is 203 Å². The summed E-state index contributed by atoms with van der Waals surface area (Å²) >= 11 is 0. The van der Waals surface area contributed by atoms with Crippen molar-refractivity contribution in [2.75, 3.05) is 12.5 Å². The highest BCUT2D eigenvalue weighted by Crippen LogP contribution is 2.36. The van der Waals surface area contributed by atoms with E-state index in [1.807, 2.05) is 70.2 Å². The van der Waals surface area contributed by atoms with Crippen molar-refractivity contribution >= 4 is 24.7 Å². The number of hydrazone groups is 1. The molecule has 1 saturated heterocycles. The van der Waals surface area contributed by atoms with Crippen molar-refractivity contribution in [2.24, 2.45) is 5.10 Å². The number of aromatic nitrogens is 2. The number of aromatic amines is 1. The number of anilines is 1. The van der Waals surface area contributed by atoms with Gasteiger partial charge in [-0.25, -0.2) is 10.4 Å². The van der Waals surface area contributed by atoms with Gasteiger partial charge in [0.2, 0.25) is 5.95 Å². The number of ether oxygens (including phenoxy) is 1. The molecular formula is C25H26BN5O4. The van der Waals surface area contributed by atoms with E-state index >= 15 is 0 Å². The Bertz CT molecular complexity index is 1350. The minimum atomic E-state index is -0.556. The number of nitriles is 1. The molecule has 0 amide bonds. The lowest BCUT2D eigenvalue weighted by molar-refractivity contribution is 0.00578. The van der Waals surface area contributed by atoms with Gasteiger partial charge < -0.3 is 14.0 Å². The van der Waals surface area contributed by atoms with Crippen LogP contribution in [0, 0.1) is 11.3 Å². The first-order valence-corrected chi connectivity index (χ1v) is 11.1. The number of nitrogens with one attached hydrogen (secondary N) is 2. The number of nitrogens with zero attached hydrogens (tertiary/aromatic N) is 3. The molecule has 2 heterocycles. The minimum Gasteiger partial charge on any atom is -0.496 e. The predicted molar refractivity (Wildman–Crippen MR) is 135 cm³/mol. The molecule has 2 aromatic carbocycles. The SMILES string of the molecule is COc1ccc(B2OC(C)(C)C(C)(C)O2)cc1C=NNc1nc(-c2ccccc2)c(C#N)c(=O)[nH]1. The molecule has 2 N–H and O–H groups in total. The molecule has 1 fully saturated rings. The van der Waals surface area contributed by atoms with Gasteiger partial charge in [0.1, 0.15) is 17.4 Å². The van der Waals surface area contributed by atoms with Gasteiger partial charge in [-0.2, -0.15) is 10.4 Å². The van der Waals surface area contributed by atoms with Crippen LogP contribution in [0.25, 0.3) is 11.3 Å². The zero-order valence-electron chi connectivity index (χ0n) is 20.2. The second-order valence-electron chi connectivity index (χ2n) is 9.08. The Morgan fingerprint density at radius 2 is 1.83 bits per heavy atom. The first-order valence-electron chi connectivity index (χ1n) is 11.1. The highest BCUT2D eigenvalue weighted by molar-refractivity contribution is 6.62. The summed E-state index contributed by atoms with van der Waals surface area (Å²) in [5.41, 5.74) is 3.61. The summed E-state index contributed by atoms with van der Waals surface area (Å²) in [6.45, 7) is 7.99. The molecule has 0 spiro atoms. The summed E-state index contributed by atoms with van der Waals surface area (Å²) in [7, 11) is 1.04. The summed E-state index contributed by atoms with van der Waals surface area (Å²) in [6.07, 6.45) is 1.55. The van der Waals surface area contributed by atoms with Crippen LogP contribution in [0.5, 0.6) is 5.75 Å². The lowest BCUT2D eigenvalue weighted by Crippen LogP contribution is -2.41. The number of rotatable bonds is 6. The van der Waals surface area contributed by atoms with Crippen LogP contribution in [0.3, 0.4) is 0 Å². The van der Waals surface area contributed by atoms with E-state index in [0.717, 1.165) is 5.46 Å². The van der Waals surface area contributed by atoms with Crippen molar-refractivity contribution in [1.82, 2.24) is 9.97 Å². The summed E-state index contributed by atoms with van der Waals surface area (Å²) in [6, 6.07) is 16.5. The molecule has 35 heavy (non-hydrogen) atoms. The van der Waals surface area contributed by atoms with Crippen molar-refractivity contribution in [3.8, 4) is 23.1 Å². The Morgan fingerprint density at radius 1 is 1.14 bits per heavy atom. The van der Waals surface area contributed by atoms with E-state index in [1.54, 1.807) is 25.5 Å². The minimum absolute atomic E-state index is 0.0671. The third-order valence-corrected chi connectivity index (χ3v) is 6.23. The number of hydrogen-bond donors (Lipinski definition) is 2. The second kappa shape index (κ2) is 9.37. The van der Waals surface area contributed by atoms with Gasteiger partial charge in [0.15, 0.2) is 0 Å². The number of methoxy groups -OCH3 is 1. The molecule has 0 aliphatic carbocycles. The summed E-state index contributed by atoms with van der Waals surface area (Å²) in [5.74, 6) is 0.701. The quantitative estimate of drug-likeness (QED) is 0.322. The average molecular weight is 471 g/mol. The van der Waals surface area contributed by atoms with E-state index in [2.05, 4.69) is 20.5 Å². The highest BCUT2D eigenvalue weighted by Gasteiger charge is 2.51. The largest absolute Gasteiger partial charge is 0.496 e. The van der Waals surface area contributed by atoms with Crippen LogP contribution >= 0.6 is 0 Å². The molecule has 0 unspecified atom stereocenters. The van der Waals surface area contributed by atoms with E-state index in [4.69, 9.17) is 14.0 Å². The monoisotopic (exact) mass is 471 g/mol. The molecule has 0 bridgehead atoms. The maximum absolute atomic E-state index is 12.4. The summed E-state index contributed by atoms with van der Waals surface area (Å²) in [4.78, 5) is 19.4. The maximum Gasteiger partial charge on any atom is 0.494 e. The molecular weight excluding hydrogens is 445 g/mol. The van der Waals surface area contributed by atoms with E-state index in [1.165, 1.54) is 0 Å². The smallest absolute Gasteiger partial charge is 0.494 e. The zero-order chi connectivity index (χ0) is 25.2. The third-order valence-electron chi connectivity index (χ3n) is 6.23. The summed E-state index contributed by atoms with van der Waals surface area (Å²) in [5, 5.41) is 13.6. The lowest BCUT2D eigenvalue weighted by Gasteiger charge is -2.32. The van der Waals surface area contributed by atoms with Crippen molar-refractivity contribution < 1.29 is 14.0 Å². The molecule has 178 valence electrons. The van der Waals surface area contributed by atoms with Crippen molar-refractivity contribution in [1.29, 1.82) is 5.26 Å². The molecule has 4 rings (SSSR count). The zero-order valence-corrected chi connectivity index (χ0v) is 20.2. The van der Waals surface area contributed by atoms with Crippen LogP contribution < -0.4 is 21.2 Å². The lowest BCUT2D eigenvalue weighted by atomic mass is 9.78. The first-order chi connectivity index (χ1) is 16.6. The first kappa shape index (κ1) is 24.2. The standard InChI is InChI=1S/C25H26BN5O4/c1-24(2)25(3,4)35-26(34-24)18-11-12-20(33-5)17(13-18)15-28-31-23-29-21(16-9-7-6-8-10-16)19(14-27)22(32)30-23/h6-13,15H,1-5H3,(H2,29,30,31,32). The molecule has 1 aromatic heterocycles. The average Bonchev–Trinajstić information content (AvgIpc) is 3.06. The Balaban J connectivity index is 1.60. The molecule has 10 heteroatoms. The van der Waals surface area contributed by atoms with Crippen molar-refractivity contribution in [3.05, 3.63) is 70.0 Å². The molecule has 1 aliphatic rings. The fourth-order valence-electron chi connectivity index (χ4n) is 3.58. The third kappa shape index (κ3) is 4.82. The van der Waals surface area contributed by atoms with Gasteiger partial charge in [0.05, 0.1) is 30.2 Å². The Kier molecular flexibility index (Phi) is 6.48. The Morgan fingerprint density at radius 3 is 2.46 bits per heavy atom. The molecule has 0 saturated carbocycles. The number of hydrogen-bond acceptors (Lipinski definition) is 8.